The van der Waals surface area contributed by atoms with Gasteiger partial charge < -0.3 is 0 Å². The Kier molecular flexibility index (Phi) is 14.4. The number of unbranched alkanes of at least 4 members (excludes halogenated alkanes) is 3. The van der Waals surface area contributed by atoms with Gasteiger partial charge in [0, 0.05) is 32.7 Å². The molecule has 0 rings (SSSR count). The van der Waals surface area contributed by atoms with Gasteiger partial charge in [0.25, 0.3) is 0 Å². The minimum absolute atomic E-state index is 0. The van der Waals surface area contributed by atoms with Crippen molar-refractivity contribution in [1.82, 2.24) is 0 Å². The third kappa shape index (κ3) is 7.92. The van der Waals surface area contributed by atoms with E-state index in [2.05, 4.69) is 33.9 Å². The third-order valence-electron chi connectivity index (χ3n) is 4.09. The van der Waals surface area contributed by atoms with Crippen LogP contribution < -0.4 is 0 Å². The molecule has 0 aliphatic carbocycles. The molecule has 0 spiro atoms. The van der Waals surface area contributed by atoms with Crippen molar-refractivity contribution in [3.63, 3.8) is 0 Å². The molecule has 0 unspecified atom stereocenters. The predicted octanol–water partition coefficient (Wildman–Crippen LogP) is 5.67. The summed E-state index contributed by atoms with van der Waals surface area (Å²) < 4.78 is 0. The SMILES string of the molecule is CCCCC(CCCC)(CCCC)[Si](C)C.[Sn]. The average Bonchev–Trinajstić information content (AvgIpc) is 2.28. The van der Waals surface area contributed by atoms with Crippen molar-refractivity contribution in [2.45, 2.75) is 96.7 Å². The Bertz CT molecular complexity index is 135. The first-order valence-electron chi connectivity index (χ1n) is 7.43. The normalized spacial score (nSPS) is 11.6. The zero-order chi connectivity index (χ0) is 12.4. The molecule has 0 atom stereocenters. The fourth-order valence-corrected chi connectivity index (χ4v) is 4.70. The average molecular weight is 360 g/mol. The van der Waals surface area contributed by atoms with E-state index < -0.39 is 0 Å². The molecule has 0 fully saturated rings. The molecule has 5 radical (unpaired) electrons. The molecular formula is C15H33SiSn. The van der Waals surface area contributed by atoms with E-state index in [4.69, 9.17) is 0 Å². The summed E-state index contributed by atoms with van der Waals surface area (Å²) in [6.45, 7) is 12.1. The standard InChI is InChI=1S/C15H33Si.Sn/c1-6-9-12-15(16(4)5,13-10-7-2)14-11-8-3;/h6-14H2,1-5H3;. The Labute approximate surface area is 129 Å². The third-order valence-corrected chi connectivity index (χ3v) is 6.96. The largest absolute Gasteiger partial charge is 0.0709 e. The van der Waals surface area contributed by atoms with Crippen LogP contribution in [0.5, 0.6) is 0 Å². The maximum Gasteiger partial charge on any atom is 0.0480 e. The van der Waals surface area contributed by atoms with E-state index in [-0.39, 0.29) is 32.7 Å². The van der Waals surface area contributed by atoms with Crippen LogP contribution in [0.2, 0.25) is 18.1 Å². The molecule has 0 aromatic carbocycles. The Morgan fingerprint density at radius 3 is 1.18 bits per heavy atom. The molecule has 2 heteroatoms. The Morgan fingerprint density at radius 2 is 1.00 bits per heavy atom. The summed E-state index contributed by atoms with van der Waals surface area (Å²) in [5.41, 5.74) is 0. The zero-order valence-electron chi connectivity index (χ0n) is 12.9. The Morgan fingerprint density at radius 1 is 0.706 bits per heavy atom. The van der Waals surface area contributed by atoms with Gasteiger partial charge in [-0.3, -0.25) is 0 Å². The summed E-state index contributed by atoms with van der Waals surface area (Å²) >= 11 is 0. The molecule has 0 aliphatic heterocycles. The van der Waals surface area contributed by atoms with E-state index in [0.717, 1.165) is 5.04 Å². The second-order valence-corrected chi connectivity index (χ2v) is 8.65. The van der Waals surface area contributed by atoms with Crippen LogP contribution in [0.1, 0.15) is 78.6 Å². The minimum atomic E-state index is -0.150. The van der Waals surface area contributed by atoms with Gasteiger partial charge in [-0.15, -0.1) is 0 Å². The Hall–Kier alpha value is 1.02. The van der Waals surface area contributed by atoms with E-state index in [9.17, 15) is 0 Å². The van der Waals surface area contributed by atoms with Gasteiger partial charge in [0.1, 0.15) is 0 Å². The van der Waals surface area contributed by atoms with Crippen LogP contribution in [0.4, 0.5) is 0 Å². The van der Waals surface area contributed by atoms with E-state index in [1.165, 1.54) is 57.8 Å². The van der Waals surface area contributed by atoms with Crippen molar-refractivity contribution < 1.29 is 0 Å². The van der Waals surface area contributed by atoms with Crippen molar-refractivity contribution in [2.24, 2.45) is 0 Å². The first-order chi connectivity index (χ1) is 7.63. The molecule has 17 heavy (non-hydrogen) atoms. The molecule has 0 heterocycles. The molecule has 0 aliphatic rings. The van der Waals surface area contributed by atoms with Crippen LogP contribution >= 0.6 is 0 Å². The molecular weight excluding hydrogens is 327 g/mol. The summed E-state index contributed by atoms with van der Waals surface area (Å²) in [7, 11) is -0.150. The maximum absolute atomic E-state index is 2.55. The van der Waals surface area contributed by atoms with Crippen molar-refractivity contribution >= 4 is 32.7 Å². The molecule has 0 bridgehead atoms. The fraction of sp³-hybridized carbons (Fsp3) is 1.00. The molecule has 0 saturated heterocycles. The summed E-state index contributed by atoms with van der Waals surface area (Å²) in [5.74, 6) is 0. The van der Waals surface area contributed by atoms with Gasteiger partial charge in [-0.05, 0) is 5.04 Å². The van der Waals surface area contributed by atoms with Crippen LogP contribution in [0.3, 0.4) is 0 Å². The molecule has 0 N–H and O–H groups in total. The fourth-order valence-electron chi connectivity index (χ4n) is 2.67. The van der Waals surface area contributed by atoms with Crippen molar-refractivity contribution in [2.75, 3.05) is 0 Å². The maximum atomic E-state index is 2.55. The summed E-state index contributed by atoms with van der Waals surface area (Å²) in [5, 5.41) is 0.757. The number of hydrogen-bond donors (Lipinski definition) is 0. The van der Waals surface area contributed by atoms with Gasteiger partial charge in [-0.2, -0.15) is 0 Å². The van der Waals surface area contributed by atoms with Crippen LogP contribution in [0.15, 0.2) is 0 Å². The summed E-state index contributed by atoms with van der Waals surface area (Å²) in [4.78, 5) is 0. The molecule has 0 aromatic heterocycles. The van der Waals surface area contributed by atoms with Crippen LogP contribution in [-0.4, -0.2) is 32.7 Å². The van der Waals surface area contributed by atoms with Gasteiger partial charge in [0.05, 0.1) is 0 Å². The quantitative estimate of drug-likeness (QED) is 0.440. The van der Waals surface area contributed by atoms with Crippen molar-refractivity contribution in [3.8, 4) is 0 Å². The smallest absolute Gasteiger partial charge is 0.0480 e. The number of rotatable bonds is 10. The van der Waals surface area contributed by atoms with E-state index in [1.807, 2.05) is 0 Å². The van der Waals surface area contributed by atoms with Crippen LogP contribution in [0.25, 0.3) is 0 Å². The number of hydrogen-bond acceptors (Lipinski definition) is 0. The molecule has 0 nitrogen and oxygen atoms in total. The van der Waals surface area contributed by atoms with Gasteiger partial charge in [0.15, 0.2) is 0 Å². The van der Waals surface area contributed by atoms with Crippen molar-refractivity contribution in [3.05, 3.63) is 0 Å². The molecule has 101 valence electrons. The van der Waals surface area contributed by atoms with Crippen LogP contribution in [-0.2, 0) is 0 Å². The molecule has 0 aromatic rings. The summed E-state index contributed by atoms with van der Waals surface area (Å²) in [6.07, 6.45) is 13.0. The van der Waals surface area contributed by atoms with Gasteiger partial charge in [-0.25, -0.2) is 0 Å². The predicted molar refractivity (Wildman–Crippen MR) is 84.5 cm³/mol. The van der Waals surface area contributed by atoms with Gasteiger partial charge >= 0.3 is 0 Å². The first kappa shape index (κ1) is 20.3. The van der Waals surface area contributed by atoms with Gasteiger partial charge in [-0.1, -0.05) is 91.7 Å². The van der Waals surface area contributed by atoms with E-state index >= 15 is 0 Å². The monoisotopic (exact) mass is 361 g/mol. The minimum Gasteiger partial charge on any atom is -0.0709 e. The van der Waals surface area contributed by atoms with Crippen LogP contribution in [0, 0.1) is 0 Å². The van der Waals surface area contributed by atoms with Crippen molar-refractivity contribution in [1.29, 1.82) is 0 Å². The second-order valence-electron chi connectivity index (χ2n) is 5.59. The molecule has 0 amide bonds. The topological polar surface area (TPSA) is 0 Å². The van der Waals surface area contributed by atoms with Gasteiger partial charge in [0.2, 0.25) is 0 Å². The first-order valence-corrected chi connectivity index (χ1v) is 9.93. The molecule has 0 saturated carbocycles. The zero-order valence-corrected chi connectivity index (χ0v) is 16.7. The van der Waals surface area contributed by atoms with E-state index in [0.29, 0.717) is 0 Å². The van der Waals surface area contributed by atoms with E-state index in [1.54, 1.807) is 0 Å². The second kappa shape index (κ2) is 12.1. The Balaban J connectivity index is 0. The summed E-state index contributed by atoms with van der Waals surface area (Å²) in [6, 6.07) is 0.